The van der Waals surface area contributed by atoms with E-state index >= 15 is 0 Å². The summed E-state index contributed by atoms with van der Waals surface area (Å²) in [5.74, 6) is -0.125. The summed E-state index contributed by atoms with van der Waals surface area (Å²) in [4.78, 5) is 8.69. The normalized spacial score (nSPS) is 16.2. The van der Waals surface area contributed by atoms with Gasteiger partial charge in [0.2, 0.25) is 5.95 Å². The van der Waals surface area contributed by atoms with Crippen LogP contribution in [-0.2, 0) is 6.18 Å². The lowest BCUT2D eigenvalue weighted by Gasteiger charge is -2.18. The van der Waals surface area contributed by atoms with Crippen molar-refractivity contribution >= 4 is 11.8 Å². The van der Waals surface area contributed by atoms with Crippen LogP contribution in [0, 0.1) is 0 Å². The van der Waals surface area contributed by atoms with Gasteiger partial charge in [-0.1, -0.05) is 0 Å². The maximum atomic E-state index is 12.5. The monoisotopic (exact) mass is 232 g/mol. The standard InChI is InChI=1S/C9H11F3N4/c1-16(5-2-3-5)7-4-6(9(10,11)12)14-8(13)15-7/h4-5H,2-3H2,1H3,(H2,13,14,15). The molecule has 0 unspecified atom stereocenters. The van der Waals surface area contributed by atoms with Crippen LogP contribution in [0.15, 0.2) is 6.07 Å². The van der Waals surface area contributed by atoms with Gasteiger partial charge in [0.1, 0.15) is 5.82 Å². The van der Waals surface area contributed by atoms with Gasteiger partial charge in [0.15, 0.2) is 5.69 Å². The quantitative estimate of drug-likeness (QED) is 0.842. The Morgan fingerprint density at radius 3 is 2.50 bits per heavy atom. The average molecular weight is 232 g/mol. The molecule has 4 nitrogen and oxygen atoms in total. The Kier molecular flexibility index (Phi) is 2.40. The number of hydrogen-bond acceptors (Lipinski definition) is 4. The van der Waals surface area contributed by atoms with E-state index in [4.69, 9.17) is 5.73 Å². The van der Waals surface area contributed by atoms with E-state index in [1.165, 1.54) is 0 Å². The first-order valence-electron chi connectivity index (χ1n) is 4.82. The minimum Gasteiger partial charge on any atom is -0.368 e. The number of aromatic nitrogens is 2. The molecule has 0 saturated heterocycles. The van der Waals surface area contributed by atoms with E-state index < -0.39 is 11.9 Å². The van der Waals surface area contributed by atoms with Crippen LogP contribution >= 0.6 is 0 Å². The number of nitrogens with zero attached hydrogens (tertiary/aromatic N) is 3. The average Bonchev–Trinajstić information content (AvgIpc) is 2.97. The lowest BCUT2D eigenvalue weighted by atomic mass is 10.3. The summed E-state index contributed by atoms with van der Waals surface area (Å²) in [6, 6.07) is 1.20. The van der Waals surface area contributed by atoms with Crippen molar-refractivity contribution in [2.75, 3.05) is 17.7 Å². The lowest BCUT2D eigenvalue weighted by Crippen LogP contribution is -2.22. The molecule has 0 aromatic carbocycles. The number of alkyl halides is 3. The zero-order valence-electron chi connectivity index (χ0n) is 8.62. The number of halogens is 3. The van der Waals surface area contributed by atoms with Crippen LogP contribution < -0.4 is 10.6 Å². The molecule has 2 N–H and O–H groups in total. The Hall–Kier alpha value is -1.53. The molecule has 1 aromatic heterocycles. The summed E-state index contributed by atoms with van der Waals surface area (Å²) < 4.78 is 37.4. The van der Waals surface area contributed by atoms with Crippen LogP contribution in [0.4, 0.5) is 24.9 Å². The molecule has 1 aliphatic rings. The first-order chi connectivity index (χ1) is 7.38. The van der Waals surface area contributed by atoms with Crippen molar-refractivity contribution in [3.8, 4) is 0 Å². The molecular formula is C9H11F3N4. The second kappa shape index (κ2) is 3.50. The molecule has 1 heterocycles. The predicted octanol–water partition coefficient (Wildman–Crippen LogP) is 1.68. The van der Waals surface area contributed by atoms with Crippen LogP contribution in [0.5, 0.6) is 0 Å². The largest absolute Gasteiger partial charge is 0.433 e. The Bertz CT molecular complexity index is 400. The maximum absolute atomic E-state index is 12.5. The highest BCUT2D eigenvalue weighted by atomic mass is 19.4. The van der Waals surface area contributed by atoms with Crippen molar-refractivity contribution in [1.29, 1.82) is 0 Å². The number of hydrogen-bond donors (Lipinski definition) is 1. The van der Waals surface area contributed by atoms with Crippen molar-refractivity contribution in [2.24, 2.45) is 0 Å². The summed E-state index contributed by atoms with van der Waals surface area (Å²) in [6.07, 6.45) is -2.54. The number of rotatable bonds is 2. The van der Waals surface area contributed by atoms with E-state index in [2.05, 4.69) is 9.97 Å². The van der Waals surface area contributed by atoms with Gasteiger partial charge in [0, 0.05) is 19.2 Å². The van der Waals surface area contributed by atoms with Crippen LogP contribution in [0.3, 0.4) is 0 Å². The topological polar surface area (TPSA) is 55.0 Å². The highest BCUT2D eigenvalue weighted by Gasteiger charge is 2.35. The molecule has 1 saturated carbocycles. The minimum atomic E-state index is -4.49. The Morgan fingerprint density at radius 1 is 1.38 bits per heavy atom. The molecule has 7 heteroatoms. The van der Waals surface area contributed by atoms with Crippen LogP contribution in [0.2, 0.25) is 0 Å². The van der Waals surface area contributed by atoms with Crippen molar-refractivity contribution in [2.45, 2.75) is 25.1 Å². The van der Waals surface area contributed by atoms with Crippen molar-refractivity contribution in [3.63, 3.8) is 0 Å². The third kappa shape index (κ3) is 2.17. The molecule has 0 amide bonds. The molecular weight excluding hydrogens is 221 g/mol. The number of anilines is 2. The van der Waals surface area contributed by atoms with Crippen molar-refractivity contribution < 1.29 is 13.2 Å². The van der Waals surface area contributed by atoms with Gasteiger partial charge >= 0.3 is 6.18 Å². The molecule has 0 bridgehead atoms. The minimum absolute atomic E-state index is 0.224. The molecule has 88 valence electrons. The van der Waals surface area contributed by atoms with Gasteiger partial charge in [-0.3, -0.25) is 0 Å². The second-order valence-corrected chi connectivity index (χ2v) is 3.81. The second-order valence-electron chi connectivity index (χ2n) is 3.81. The summed E-state index contributed by atoms with van der Waals surface area (Å²) >= 11 is 0. The molecule has 1 fully saturated rings. The third-order valence-electron chi connectivity index (χ3n) is 2.48. The van der Waals surface area contributed by atoms with Gasteiger partial charge in [0.25, 0.3) is 0 Å². The summed E-state index contributed by atoms with van der Waals surface area (Å²) in [6.45, 7) is 0. The zero-order valence-corrected chi connectivity index (χ0v) is 8.62. The van der Waals surface area contributed by atoms with E-state index in [0.717, 1.165) is 18.9 Å². The van der Waals surface area contributed by atoms with Crippen LogP contribution in [0.1, 0.15) is 18.5 Å². The van der Waals surface area contributed by atoms with E-state index in [-0.39, 0.29) is 17.8 Å². The molecule has 0 aliphatic heterocycles. The number of nitrogens with two attached hydrogens (primary N) is 1. The Labute approximate surface area is 90.3 Å². The van der Waals surface area contributed by atoms with E-state index in [9.17, 15) is 13.2 Å². The molecule has 0 spiro atoms. The van der Waals surface area contributed by atoms with Gasteiger partial charge in [-0.05, 0) is 12.8 Å². The Balaban J connectivity index is 2.35. The molecule has 1 aliphatic carbocycles. The van der Waals surface area contributed by atoms with Crippen LogP contribution in [0.25, 0.3) is 0 Å². The van der Waals surface area contributed by atoms with Gasteiger partial charge in [-0.15, -0.1) is 0 Å². The predicted molar refractivity (Wildman–Crippen MR) is 52.9 cm³/mol. The molecule has 2 rings (SSSR count). The van der Waals surface area contributed by atoms with Gasteiger partial charge in [-0.25, -0.2) is 4.98 Å². The fraction of sp³-hybridized carbons (Fsp3) is 0.556. The zero-order chi connectivity index (χ0) is 11.9. The summed E-state index contributed by atoms with van der Waals surface area (Å²) in [5.41, 5.74) is 4.27. The summed E-state index contributed by atoms with van der Waals surface area (Å²) in [5, 5.41) is 0. The maximum Gasteiger partial charge on any atom is 0.433 e. The third-order valence-corrected chi connectivity index (χ3v) is 2.48. The highest BCUT2D eigenvalue weighted by Crippen LogP contribution is 2.33. The highest BCUT2D eigenvalue weighted by molar-refractivity contribution is 5.45. The van der Waals surface area contributed by atoms with E-state index in [0.29, 0.717) is 0 Å². The fourth-order valence-corrected chi connectivity index (χ4v) is 1.43. The fourth-order valence-electron chi connectivity index (χ4n) is 1.43. The van der Waals surface area contributed by atoms with Crippen LogP contribution in [-0.4, -0.2) is 23.1 Å². The van der Waals surface area contributed by atoms with Crippen molar-refractivity contribution in [1.82, 2.24) is 9.97 Å². The molecule has 1 aromatic rings. The molecule has 0 radical (unpaired) electrons. The van der Waals surface area contributed by atoms with Gasteiger partial charge in [0.05, 0.1) is 0 Å². The lowest BCUT2D eigenvalue weighted by molar-refractivity contribution is -0.141. The first kappa shape index (κ1) is 11.0. The van der Waals surface area contributed by atoms with Crippen molar-refractivity contribution in [3.05, 3.63) is 11.8 Å². The van der Waals surface area contributed by atoms with Gasteiger partial charge < -0.3 is 10.6 Å². The smallest absolute Gasteiger partial charge is 0.368 e. The molecule has 16 heavy (non-hydrogen) atoms. The van der Waals surface area contributed by atoms with E-state index in [1.54, 1.807) is 11.9 Å². The SMILES string of the molecule is CN(c1cc(C(F)(F)F)nc(N)n1)C1CC1. The summed E-state index contributed by atoms with van der Waals surface area (Å²) in [7, 11) is 1.71. The molecule has 0 atom stereocenters. The number of nitrogen functional groups attached to an aromatic ring is 1. The Morgan fingerprint density at radius 2 is 2.00 bits per heavy atom. The van der Waals surface area contributed by atoms with E-state index in [1.807, 2.05) is 0 Å². The van der Waals surface area contributed by atoms with Gasteiger partial charge in [-0.2, -0.15) is 18.2 Å². The first-order valence-corrected chi connectivity index (χ1v) is 4.82.